The van der Waals surface area contributed by atoms with Crippen molar-refractivity contribution in [3.8, 4) is 24.3 Å². The minimum Gasteiger partial charge on any atom is -0.480 e. The molecule has 0 fully saturated rings. The Balaban J connectivity index is 0.000000699. The van der Waals surface area contributed by atoms with Gasteiger partial charge in [-0.3, -0.25) is 19.2 Å². The van der Waals surface area contributed by atoms with Crippen molar-refractivity contribution in [2.75, 3.05) is 0 Å². The fraction of sp³-hybridized carbons (Fsp3) is 0.189. The summed E-state index contributed by atoms with van der Waals surface area (Å²) in [6.45, 7) is 4.65. The molecule has 0 amide bonds. The molecule has 0 heterocycles. The van der Waals surface area contributed by atoms with Crippen LogP contribution in [0.5, 0.6) is 0 Å². The first-order valence-electron chi connectivity index (χ1n) is 38.2. The lowest BCUT2D eigenvalue weighted by Crippen LogP contribution is -2.41. The number of benzene rings is 11. The van der Waals surface area contributed by atoms with E-state index in [0.717, 1.165) is 28.7 Å². The molecule has 0 saturated heterocycles. The molecule has 0 saturated carbocycles. The number of carbonyl (C=O) groups is 7. The maximum Gasteiger partial charge on any atom is 0.332 e. The van der Waals surface area contributed by atoms with Crippen LogP contribution in [0.2, 0.25) is 0 Å². The van der Waals surface area contributed by atoms with Gasteiger partial charge in [-0.2, -0.15) is 21.0 Å². The number of aliphatic hydroxyl groups excluding tert-OH is 2. The van der Waals surface area contributed by atoms with Gasteiger partial charge in [-0.15, -0.1) is 0 Å². The van der Waals surface area contributed by atoms with Gasteiger partial charge in [0.05, 0.1) is 24.3 Å². The molecule has 29 nitrogen and oxygen atoms in total. The molecule has 0 spiro atoms. The normalized spacial score (nSPS) is 13.1. The molecular formula is C95H104F3N13O16. The number of nitrogens with two attached hydrogens (primary N) is 9. The van der Waals surface area contributed by atoms with Gasteiger partial charge in [-0.25, -0.2) is 27.6 Å². The molecule has 4 unspecified atom stereocenters. The van der Waals surface area contributed by atoms with E-state index >= 15 is 0 Å². The summed E-state index contributed by atoms with van der Waals surface area (Å²) in [5.74, 6) is -8.58. The number of hydrogen-bond acceptors (Lipinski definition) is 22. The van der Waals surface area contributed by atoms with Crippen LogP contribution in [-0.4, -0.2) is 100.0 Å². The van der Waals surface area contributed by atoms with Crippen LogP contribution in [0, 0.1) is 62.8 Å². The molecule has 32 heteroatoms. The Morgan fingerprint density at radius 1 is 0.307 bits per heavy atom. The number of carboxylic acids is 7. The number of halogens is 3. The van der Waals surface area contributed by atoms with Gasteiger partial charge < -0.3 is 97.6 Å². The summed E-state index contributed by atoms with van der Waals surface area (Å²) in [7, 11) is 0. The topological polar surface area (TPSA) is 631 Å². The van der Waals surface area contributed by atoms with Gasteiger partial charge in [0, 0.05) is 0 Å². The second kappa shape index (κ2) is 59.7. The molecule has 127 heavy (non-hydrogen) atoms. The molecule has 0 aliphatic heterocycles. The maximum absolute atomic E-state index is 12.4. The Kier molecular flexibility index (Phi) is 51.7. The number of nitrogens with zero attached hydrogens (tertiary/aromatic N) is 4. The first-order valence-corrected chi connectivity index (χ1v) is 38.2. The van der Waals surface area contributed by atoms with Crippen LogP contribution in [0.15, 0.2) is 315 Å². The minimum atomic E-state index is -1.29. The molecule has 0 aliphatic carbocycles. The SMILES string of the molecule is CC(N)(C#N)c1ccccc1.C[C@@](N)(C(=O)O)c1ccccc1.C[C@](N)(C(=O)O)c1ccccc1.N#CC(N)c1ccc(F)cc1.N#CC(N)c1ccccc1.N#CC(O)CCc1ccccc1.N[C@@H](C(=O)O)c1ccc(F)cc1.N[C@@H](C(=O)O)c1ccccc1.N[C@H](C(=O)O)c1ccc(F)cc1.N[C@H](C(=O)O)c1ccccc1.O=C(O)[C@H](O)CCc1ccccc1. The van der Waals surface area contributed by atoms with Crippen LogP contribution in [0.4, 0.5) is 13.2 Å². The van der Waals surface area contributed by atoms with Crippen molar-refractivity contribution < 1.29 is 92.7 Å². The molecule has 0 radical (unpaired) electrons. The van der Waals surface area contributed by atoms with E-state index in [-0.39, 0.29) is 12.2 Å². The average molecular weight is 1740 g/mol. The second-order valence-electron chi connectivity index (χ2n) is 27.3. The second-order valence-corrected chi connectivity index (χ2v) is 27.3. The fourth-order valence-corrected chi connectivity index (χ4v) is 9.46. The molecule has 11 aromatic carbocycles. The van der Waals surface area contributed by atoms with Gasteiger partial charge in [-0.05, 0) is 144 Å². The molecule has 666 valence electrons. The van der Waals surface area contributed by atoms with E-state index in [2.05, 4.69) is 0 Å². The number of carboxylic acid groups (broad SMARTS) is 7. The predicted octanol–water partition coefficient (Wildman–Crippen LogP) is 11.8. The highest BCUT2D eigenvalue weighted by molar-refractivity contribution is 5.81. The zero-order valence-corrected chi connectivity index (χ0v) is 69.5. The molecular weight excluding hydrogens is 1640 g/mol. The number of aryl methyl sites for hydroxylation is 2. The Morgan fingerprint density at radius 2 is 0.528 bits per heavy atom. The maximum atomic E-state index is 12.4. The van der Waals surface area contributed by atoms with Crippen molar-refractivity contribution in [2.24, 2.45) is 51.6 Å². The van der Waals surface area contributed by atoms with Crippen LogP contribution in [-0.2, 0) is 63.0 Å². The van der Waals surface area contributed by atoms with Crippen LogP contribution in [0.3, 0.4) is 0 Å². The van der Waals surface area contributed by atoms with Crippen LogP contribution in [0.1, 0.15) is 131 Å². The van der Waals surface area contributed by atoms with Gasteiger partial charge in [0.2, 0.25) is 0 Å². The summed E-state index contributed by atoms with van der Waals surface area (Å²) in [5.41, 5.74) is 53.2. The third-order valence-electron chi connectivity index (χ3n) is 17.3. The zero-order chi connectivity index (χ0) is 95.7. The monoisotopic (exact) mass is 1740 g/mol. The summed E-state index contributed by atoms with van der Waals surface area (Å²) in [4.78, 5) is 73.1. The van der Waals surface area contributed by atoms with E-state index in [1.165, 1.54) is 86.6 Å². The predicted molar refractivity (Wildman–Crippen MR) is 471 cm³/mol. The number of hydrogen-bond donors (Lipinski definition) is 18. The van der Waals surface area contributed by atoms with Crippen molar-refractivity contribution >= 4 is 41.8 Å². The lowest BCUT2D eigenvalue weighted by Gasteiger charge is -2.18. The van der Waals surface area contributed by atoms with E-state index in [9.17, 15) is 46.7 Å². The number of aliphatic carboxylic acids is 7. The van der Waals surface area contributed by atoms with Gasteiger partial charge in [0.15, 0.2) is 6.10 Å². The highest BCUT2D eigenvalue weighted by Crippen LogP contribution is 2.21. The molecule has 11 atom stereocenters. The van der Waals surface area contributed by atoms with E-state index in [4.69, 9.17) is 119 Å². The van der Waals surface area contributed by atoms with Crippen molar-refractivity contribution in [2.45, 2.75) is 112 Å². The molecule has 11 aromatic rings. The minimum absolute atomic E-state index is 0.263. The molecule has 0 aromatic heterocycles. The molecule has 0 bridgehead atoms. The third-order valence-corrected chi connectivity index (χ3v) is 17.3. The van der Waals surface area contributed by atoms with Crippen LogP contribution in [0.25, 0.3) is 0 Å². The quantitative estimate of drug-likeness (QED) is 0.0280. The Bertz CT molecular complexity index is 5030. The summed E-state index contributed by atoms with van der Waals surface area (Å²) < 4.78 is 37.1. The first kappa shape index (κ1) is 110. The highest BCUT2D eigenvalue weighted by atomic mass is 19.1. The van der Waals surface area contributed by atoms with E-state index in [1.807, 2.05) is 164 Å². The molecule has 27 N–H and O–H groups in total. The average Bonchev–Trinajstić information content (AvgIpc) is 0.840. The van der Waals surface area contributed by atoms with Crippen LogP contribution < -0.4 is 51.6 Å². The summed E-state index contributed by atoms with van der Waals surface area (Å²) in [6, 6.07) is 91.2. The largest absolute Gasteiger partial charge is 0.480 e. The zero-order valence-electron chi connectivity index (χ0n) is 69.5. The number of nitriles is 4. The van der Waals surface area contributed by atoms with Crippen molar-refractivity contribution in [1.82, 2.24) is 0 Å². The van der Waals surface area contributed by atoms with E-state index in [0.29, 0.717) is 51.8 Å². The van der Waals surface area contributed by atoms with Crippen LogP contribution >= 0.6 is 0 Å². The smallest absolute Gasteiger partial charge is 0.332 e. The Labute approximate surface area is 733 Å². The Morgan fingerprint density at radius 3 is 0.764 bits per heavy atom. The van der Waals surface area contributed by atoms with Crippen molar-refractivity contribution in [3.63, 3.8) is 0 Å². The van der Waals surface area contributed by atoms with E-state index < -0.39 is 118 Å². The lowest BCUT2D eigenvalue weighted by molar-refractivity contribution is -0.147. The van der Waals surface area contributed by atoms with Gasteiger partial charge in [0.25, 0.3) is 0 Å². The summed E-state index contributed by atoms with van der Waals surface area (Å²) in [5, 5.41) is 112. The summed E-state index contributed by atoms with van der Waals surface area (Å²) >= 11 is 0. The molecule has 0 aliphatic rings. The van der Waals surface area contributed by atoms with Gasteiger partial charge >= 0.3 is 41.8 Å². The fourth-order valence-electron chi connectivity index (χ4n) is 9.46. The summed E-state index contributed by atoms with van der Waals surface area (Å²) in [6.07, 6.45) is 0.0504. The lowest BCUT2D eigenvalue weighted by atomic mass is 9.94. The third kappa shape index (κ3) is 44.6. The standard InChI is InChI=1S/C10H11NO.C10H12O3.C9H10N2.2C9H11NO2.C8H7FN2.2C8H8FNO2.C8H8N2.2C8H9NO2/c11-8-10(12)7-6-9-4-2-1-3-5-9;11-9(10(12)13)7-6-8-4-2-1-3-5-8;1-9(11,7-10)8-5-3-2-4-6-8;2*1-9(10,8(11)12)7-5-3-2-4-6-7;9-7-3-1-6(2-4-7)8(11)5-10;2*9-6-3-1-5(2-4-6)7(10)8(11)12;9-6-8(10)7-4-2-1-3-5-7;2*9-7(8(10)11)6-4-2-1-3-5-6/h1-5,10,12H,6-7H2;1-5,9,11H,6-7H2,(H,12,13);2-6H,11H2,1H3;2*2-6H,10H2,1H3,(H,11,12);1-4,8H,11H2;2*1-4,7H,10H2,(H,11,12);1-5,8H,10H2;2*1-5,7H,9H2,(H,10,11)/t;9-;;2*9-;;2*7-;;2*7-/m.1.10.10.10/s1. The van der Waals surface area contributed by atoms with Crippen molar-refractivity contribution in [1.29, 1.82) is 21.0 Å². The number of rotatable bonds is 22. The number of aliphatic hydroxyl groups is 2. The Hall–Kier alpha value is -15.0. The van der Waals surface area contributed by atoms with Crippen molar-refractivity contribution in [3.05, 3.63) is 394 Å². The van der Waals surface area contributed by atoms with Gasteiger partial charge in [0.1, 0.15) is 76.4 Å². The van der Waals surface area contributed by atoms with Gasteiger partial charge in [-0.1, -0.05) is 279 Å². The first-order chi connectivity index (χ1) is 60.0. The molecule has 11 rings (SSSR count). The highest BCUT2D eigenvalue weighted by Gasteiger charge is 2.31. The van der Waals surface area contributed by atoms with E-state index in [1.54, 1.807) is 110 Å².